The van der Waals surface area contributed by atoms with E-state index in [4.69, 9.17) is 5.11 Å². The molecule has 0 unspecified atom stereocenters. The van der Waals surface area contributed by atoms with Gasteiger partial charge in [-0.2, -0.15) is 0 Å². The second-order valence-electron chi connectivity index (χ2n) is 6.25. The first-order valence-electron chi connectivity index (χ1n) is 7.16. The molecule has 2 saturated carbocycles. The molecule has 2 aliphatic rings. The van der Waals surface area contributed by atoms with Crippen molar-refractivity contribution in [3.63, 3.8) is 0 Å². The zero-order valence-electron chi connectivity index (χ0n) is 11.2. The van der Waals surface area contributed by atoms with Gasteiger partial charge in [-0.05, 0) is 37.0 Å². The molecular weight excluding hydrogens is 246 g/mol. The van der Waals surface area contributed by atoms with Crippen molar-refractivity contribution in [3.05, 3.63) is 0 Å². The van der Waals surface area contributed by atoms with Gasteiger partial charge in [0.05, 0.1) is 12.5 Å². The van der Waals surface area contributed by atoms with Crippen LogP contribution in [0, 0.1) is 11.3 Å². The number of amides is 1. The molecule has 0 aromatic heterocycles. The van der Waals surface area contributed by atoms with E-state index < -0.39 is 5.97 Å². The molecule has 0 aromatic carbocycles. The summed E-state index contributed by atoms with van der Waals surface area (Å²) in [5.74, 6) is -0.459. The minimum absolute atomic E-state index is 0.0375. The Balaban J connectivity index is 1.76. The van der Waals surface area contributed by atoms with E-state index in [2.05, 4.69) is 5.32 Å². The van der Waals surface area contributed by atoms with Crippen molar-refractivity contribution in [2.24, 2.45) is 11.3 Å². The van der Waals surface area contributed by atoms with Gasteiger partial charge in [0.2, 0.25) is 5.91 Å². The van der Waals surface area contributed by atoms with Crippen molar-refractivity contribution in [2.75, 3.05) is 6.54 Å². The average molecular weight is 269 g/mol. The zero-order valence-corrected chi connectivity index (χ0v) is 11.2. The van der Waals surface area contributed by atoms with Gasteiger partial charge < -0.3 is 15.5 Å². The van der Waals surface area contributed by atoms with Gasteiger partial charge in [0.1, 0.15) is 0 Å². The van der Waals surface area contributed by atoms with Crippen molar-refractivity contribution in [1.82, 2.24) is 5.32 Å². The molecule has 19 heavy (non-hydrogen) atoms. The maximum absolute atomic E-state index is 11.9. The molecule has 2 fully saturated rings. The fourth-order valence-corrected chi connectivity index (χ4v) is 3.39. The number of nitrogens with one attached hydrogen (secondary N) is 1. The molecule has 0 saturated heterocycles. The first-order valence-corrected chi connectivity index (χ1v) is 7.16. The number of hydrogen-bond donors (Lipinski definition) is 3. The van der Waals surface area contributed by atoms with Gasteiger partial charge in [-0.15, -0.1) is 0 Å². The molecule has 0 heterocycles. The van der Waals surface area contributed by atoms with Crippen LogP contribution in [0.1, 0.15) is 51.4 Å². The first kappa shape index (κ1) is 14.3. The fourth-order valence-electron chi connectivity index (χ4n) is 3.39. The van der Waals surface area contributed by atoms with Crippen LogP contribution in [0.4, 0.5) is 0 Å². The number of carbonyl (C=O) groups is 2. The molecule has 0 atom stereocenters. The minimum atomic E-state index is -0.809. The van der Waals surface area contributed by atoms with Crippen LogP contribution in [0.15, 0.2) is 0 Å². The average Bonchev–Trinajstić information content (AvgIpc) is 2.70. The largest absolute Gasteiger partial charge is 0.481 e. The Labute approximate surface area is 113 Å². The molecular formula is C14H23NO4. The lowest BCUT2D eigenvalue weighted by molar-refractivity contribution is -0.140. The van der Waals surface area contributed by atoms with Crippen molar-refractivity contribution in [1.29, 1.82) is 0 Å². The summed E-state index contributed by atoms with van der Waals surface area (Å²) in [6, 6.07) is 0. The molecule has 1 amide bonds. The van der Waals surface area contributed by atoms with E-state index in [1.165, 1.54) is 0 Å². The molecule has 0 aliphatic heterocycles. The van der Waals surface area contributed by atoms with E-state index >= 15 is 0 Å². The highest BCUT2D eigenvalue weighted by Crippen LogP contribution is 2.44. The molecule has 0 spiro atoms. The number of aliphatic hydroxyl groups excluding tert-OH is 1. The monoisotopic (exact) mass is 269 g/mol. The van der Waals surface area contributed by atoms with Crippen LogP contribution >= 0.6 is 0 Å². The van der Waals surface area contributed by atoms with Gasteiger partial charge in [0, 0.05) is 13.0 Å². The van der Waals surface area contributed by atoms with Gasteiger partial charge in [0.25, 0.3) is 0 Å². The van der Waals surface area contributed by atoms with Gasteiger partial charge in [-0.3, -0.25) is 9.59 Å². The number of carboxylic acid groups (broad SMARTS) is 1. The van der Waals surface area contributed by atoms with Crippen LogP contribution in [0.25, 0.3) is 0 Å². The molecule has 2 aliphatic carbocycles. The summed E-state index contributed by atoms with van der Waals surface area (Å²) in [6.45, 7) is 0.610. The lowest BCUT2D eigenvalue weighted by Crippen LogP contribution is -2.40. The smallest absolute Gasteiger partial charge is 0.303 e. The number of aliphatic carboxylic acids is 1. The standard InChI is InChI=1S/C14H23NO4/c16-11-5-10(6-11)9-15-12(17)7-14(8-13(18)19)3-1-2-4-14/h10-11,16H,1-9H2,(H,15,17)(H,18,19). The first-order chi connectivity index (χ1) is 8.99. The maximum atomic E-state index is 11.9. The topological polar surface area (TPSA) is 86.6 Å². The summed E-state index contributed by atoms with van der Waals surface area (Å²) in [7, 11) is 0. The van der Waals surface area contributed by atoms with Crippen molar-refractivity contribution in [3.8, 4) is 0 Å². The predicted octanol–water partition coefficient (Wildman–Crippen LogP) is 1.30. The van der Waals surface area contributed by atoms with Crippen molar-refractivity contribution >= 4 is 11.9 Å². The Kier molecular flexibility index (Phi) is 4.45. The summed E-state index contributed by atoms with van der Waals surface area (Å²) in [5, 5.41) is 21.0. The summed E-state index contributed by atoms with van der Waals surface area (Å²) in [5.41, 5.74) is -0.324. The van der Waals surface area contributed by atoms with Gasteiger partial charge in [-0.25, -0.2) is 0 Å². The van der Waals surface area contributed by atoms with Gasteiger partial charge in [-0.1, -0.05) is 12.8 Å². The Morgan fingerprint density at radius 2 is 1.79 bits per heavy atom. The third-order valence-electron chi connectivity index (χ3n) is 4.52. The highest BCUT2D eigenvalue weighted by molar-refractivity contribution is 5.78. The Bertz CT molecular complexity index is 343. The second-order valence-corrected chi connectivity index (χ2v) is 6.25. The molecule has 3 N–H and O–H groups in total. The van der Waals surface area contributed by atoms with E-state index in [0.29, 0.717) is 18.9 Å². The summed E-state index contributed by atoms with van der Waals surface area (Å²) in [6.07, 6.45) is 5.49. The van der Waals surface area contributed by atoms with E-state index in [-0.39, 0.29) is 23.8 Å². The van der Waals surface area contributed by atoms with Crippen LogP contribution in [-0.2, 0) is 9.59 Å². The van der Waals surface area contributed by atoms with Crippen LogP contribution in [0.3, 0.4) is 0 Å². The highest BCUT2D eigenvalue weighted by Gasteiger charge is 2.38. The Morgan fingerprint density at radius 1 is 1.16 bits per heavy atom. The van der Waals surface area contributed by atoms with Crippen LogP contribution in [0.2, 0.25) is 0 Å². The number of hydrogen-bond acceptors (Lipinski definition) is 3. The molecule has 108 valence electrons. The normalized spacial score (nSPS) is 28.7. The lowest BCUT2D eigenvalue weighted by Gasteiger charge is -2.32. The molecule has 0 radical (unpaired) electrons. The van der Waals surface area contributed by atoms with E-state index in [1.54, 1.807) is 0 Å². The lowest BCUT2D eigenvalue weighted by atomic mass is 9.79. The van der Waals surface area contributed by atoms with Crippen LogP contribution in [0.5, 0.6) is 0 Å². The fraction of sp³-hybridized carbons (Fsp3) is 0.857. The number of aliphatic hydroxyl groups is 1. The minimum Gasteiger partial charge on any atom is -0.481 e. The van der Waals surface area contributed by atoms with Crippen LogP contribution in [-0.4, -0.2) is 34.7 Å². The molecule has 2 rings (SSSR count). The summed E-state index contributed by atoms with van der Waals surface area (Å²) in [4.78, 5) is 22.9. The van der Waals surface area contributed by atoms with E-state index in [1.807, 2.05) is 0 Å². The van der Waals surface area contributed by atoms with Gasteiger partial charge in [0.15, 0.2) is 0 Å². The Hall–Kier alpha value is -1.10. The van der Waals surface area contributed by atoms with Gasteiger partial charge >= 0.3 is 5.97 Å². The number of carbonyl (C=O) groups excluding carboxylic acids is 1. The molecule has 0 bridgehead atoms. The Morgan fingerprint density at radius 3 is 2.32 bits per heavy atom. The quantitative estimate of drug-likeness (QED) is 0.678. The number of carboxylic acids is 1. The summed E-state index contributed by atoms with van der Waals surface area (Å²) < 4.78 is 0. The number of rotatable bonds is 6. The van der Waals surface area contributed by atoms with E-state index in [9.17, 15) is 14.7 Å². The van der Waals surface area contributed by atoms with Crippen molar-refractivity contribution in [2.45, 2.75) is 57.5 Å². The third kappa shape index (κ3) is 3.93. The van der Waals surface area contributed by atoms with Crippen molar-refractivity contribution < 1.29 is 19.8 Å². The maximum Gasteiger partial charge on any atom is 0.303 e. The highest BCUT2D eigenvalue weighted by atomic mass is 16.4. The molecule has 5 heteroatoms. The van der Waals surface area contributed by atoms with E-state index in [0.717, 1.165) is 38.5 Å². The molecule has 5 nitrogen and oxygen atoms in total. The second kappa shape index (κ2) is 5.90. The molecule has 0 aromatic rings. The third-order valence-corrected chi connectivity index (χ3v) is 4.52. The zero-order chi connectivity index (χ0) is 13.9. The summed E-state index contributed by atoms with van der Waals surface area (Å²) >= 11 is 0. The van der Waals surface area contributed by atoms with Crippen LogP contribution < -0.4 is 5.32 Å². The predicted molar refractivity (Wildman–Crippen MR) is 69.5 cm³/mol. The SMILES string of the molecule is O=C(O)CC1(CC(=O)NCC2CC(O)C2)CCCC1.